The number of aromatic nitrogens is 3. The zero-order chi connectivity index (χ0) is 13.4. The summed E-state index contributed by atoms with van der Waals surface area (Å²) in [6.07, 6.45) is 3.01. The van der Waals surface area contributed by atoms with E-state index in [0.29, 0.717) is 26.1 Å². The molecule has 0 aliphatic heterocycles. The van der Waals surface area contributed by atoms with Crippen molar-refractivity contribution in [2.24, 2.45) is 0 Å². The molecule has 0 aliphatic rings. The lowest BCUT2D eigenvalue weighted by Gasteiger charge is -2.15. The van der Waals surface area contributed by atoms with Crippen molar-refractivity contribution >= 4 is 5.97 Å². The van der Waals surface area contributed by atoms with Crippen molar-refractivity contribution in [1.29, 1.82) is 0 Å². The van der Waals surface area contributed by atoms with Crippen LogP contribution in [0.15, 0.2) is 6.33 Å². The van der Waals surface area contributed by atoms with Crippen molar-refractivity contribution in [3.63, 3.8) is 0 Å². The number of nitrogens with zero attached hydrogens (tertiary/aromatic N) is 4. The normalized spacial score (nSPS) is 10.9. The molecule has 0 amide bonds. The van der Waals surface area contributed by atoms with Crippen LogP contribution in [0, 0.1) is 0 Å². The molecule has 6 nitrogen and oxygen atoms in total. The molecule has 0 saturated carbocycles. The Morgan fingerprint density at radius 2 is 2.28 bits per heavy atom. The topological polar surface area (TPSA) is 60.2 Å². The van der Waals surface area contributed by atoms with Crippen LogP contribution >= 0.6 is 0 Å². The Bertz CT molecular complexity index is 365. The number of carbonyl (C=O) groups excluding carboxylic acids is 1. The zero-order valence-corrected chi connectivity index (χ0v) is 11.4. The van der Waals surface area contributed by atoms with Crippen molar-refractivity contribution in [3.8, 4) is 0 Å². The maximum atomic E-state index is 11.2. The van der Waals surface area contributed by atoms with Gasteiger partial charge in [-0.15, -0.1) is 0 Å². The SMILES string of the molecule is CCCn1ncnc1CN(C)CCC(=O)OCC. The zero-order valence-electron chi connectivity index (χ0n) is 11.4. The molecule has 0 N–H and O–H groups in total. The van der Waals surface area contributed by atoms with Gasteiger partial charge in [0.05, 0.1) is 19.6 Å². The molecule has 0 atom stereocenters. The highest BCUT2D eigenvalue weighted by atomic mass is 16.5. The highest BCUT2D eigenvalue weighted by molar-refractivity contribution is 5.69. The number of esters is 1. The molecule has 0 spiro atoms. The van der Waals surface area contributed by atoms with Crippen molar-refractivity contribution in [1.82, 2.24) is 19.7 Å². The summed E-state index contributed by atoms with van der Waals surface area (Å²) >= 11 is 0. The molecule has 0 aliphatic carbocycles. The summed E-state index contributed by atoms with van der Waals surface area (Å²) in [5.74, 6) is 0.780. The summed E-state index contributed by atoms with van der Waals surface area (Å²) in [4.78, 5) is 17.5. The van der Waals surface area contributed by atoms with Crippen molar-refractivity contribution in [2.75, 3.05) is 20.2 Å². The van der Waals surface area contributed by atoms with Gasteiger partial charge in [-0.25, -0.2) is 9.67 Å². The van der Waals surface area contributed by atoms with Crippen molar-refractivity contribution in [3.05, 3.63) is 12.2 Å². The predicted octanol–water partition coefficient (Wildman–Crippen LogP) is 1.07. The Hall–Kier alpha value is -1.43. The van der Waals surface area contributed by atoms with Gasteiger partial charge in [0.25, 0.3) is 0 Å². The van der Waals surface area contributed by atoms with Gasteiger partial charge in [0.1, 0.15) is 12.2 Å². The van der Waals surface area contributed by atoms with Crippen LogP contribution in [0.5, 0.6) is 0 Å². The summed E-state index contributed by atoms with van der Waals surface area (Å²) in [6, 6.07) is 0. The Morgan fingerprint density at radius 1 is 1.50 bits per heavy atom. The van der Waals surface area contributed by atoms with E-state index in [1.54, 1.807) is 6.33 Å². The lowest BCUT2D eigenvalue weighted by Crippen LogP contribution is -2.24. The van der Waals surface area contributed by atoms with Gasteiger partial charge in [-0.2, -0.15) is 5.10 Å². The predicted molar refractivity (Wildman–Crippen MR) is 67.9 cm³/mol. The summed E-state index contributed by atoms with van der Waals surface area (Å²) in [5.41, 5.74) is 0. The highest BCUT2D eigenvalue weighted by Gasteiger charge is 2.09. The summed E-state index contributed by atoms with van der Waals surface area (Å²) in [7, 11) is 1.96. The van der Waals surface area contributed by atoms with E-state index in [4.69, 9.17) is 4.74 Å². The van der Waals surface area contributed by atoms with Crippen LogP contribution in [0.4, 0.5) is 0 Å². The van der Waals surface area contributed by atoms with Crippen molar-refractivity contribution in [2.45, 2.75) is 39.8 Å². The van der Waals surface area contributed by atoms with E-state index in [2.05, 4.69) is 17.0 Å². The van der Waals surface area contributed by atoms with E-state index >= 15 is 0 Å². The molecule has 6 heteroatoms. The number of hydrogen-bond acceptors (Lipinski definition) is 5. The van der Waals surface area contributed by atoms with Gasteiger partial charge < -0.3 is 4.74 Å². The van der Waals surface area contributed by atoms with Crippen LogP contribution in [0.25, 0.3) is 0 Å². The van der Waals surface area contributed by atoms with Gasteiger partial charge in [-0.1, -0.05) is 6.92 Å². The van der Waals surface area contributed by atoms with Gasteiger partial charge in [0.2, 0.25) is 0 Å². The minimum absolute atomic E-state index is 0.153. The average molecular weight is 254 g/mol. The summed E-state index contributed by atoms with van der Waals surface area (Å²) < 4.78 is 6.79. The lowest BCUT2D eigenvalue weighted by molar-refractivity contribution is -0.143. The molecule has 1 rings (SSSR count). The minimum Gasteiger partial charge on any atom is -0.466 e. The fourth-order valence-electron chi connectivity index (χ4n) is 1.64. The largest absolute Gasteiger partial charge is 0.466 e. The third kappa shape index (κ3) is 4.83. The fraction of sp³-hybridized carbons (Fsp3) is 0.750. The first-order valence-electron chi connectivity index (χ1n) is 6.38. The molecule has 1 aromatic heterocycles. The van der Waals surface area contributed by atoms with Crippen LogP contribution in [-0.2, 0) is 22.6 Å². The summed E-state index contributed by atoms with van der Waals surface area (Å²) in [6.45, 7) is 6.59. The molecule has 1 aromatic rings. The molecule has 0 aromatic carbocycles. The Kier molecular flexibility index (Phi) is 6.35. The minimum atomic E-state index is -0.153. The van der Waals surface area contributed by atoms with Crippen LogP contribution in [0.1, 0.15) is 32.5 Å². The fourth-order valence-corrected chi connectivity index (χ4v) is 1.64. The molecule has 102 valence electrons. The standard InChI is InChI=1S/C12H22N4O2/c1-4-7-16-11(13-10-14-16)9-15(3)8-6-12(17)18-5-2/h10H,4-9H2,1-3H3. The third-order valence-electron chi connectivity index (χ3n) is 2.55. The maximum absolute atomic E-state index is 11.2. The second-order valence-electron chi connectivity index (χ2n) is 4.19. The first-order valence-corrected chi connectivity index (χ1v) is 6.38. The average Bonchev–Trinajstić information content (AvgIpc) is 2.75. The molecule has 0 radical (unpaired) electrons. The third-order valence-corrected chi connectivity index (χ3v) is 2.55. The smallest absolute Gasteiger partial charge is 0.307 e. The molecular weight excluding hydrogens is 232 g/mol. The molecule has 0 saturated heterocycles. The second-order valence-corrected chi connectivity index (χ2v) is 4.19. The van der Waals surface area contributed by atoms with Gasteiger partial charge in [-0.3, -0.25) is 9.69 Å². The van der Waals surface area contributed by atoms with E-state index in [1.165, 1.54) is 0 Å². The first-order chi connectivity index (χ1) is 8.67. The number of aryl methyl sites for hydroxylation is 1. The molecule has 0 fully saturated rings. The van der Waals surface area contributed by atoms with Crippen LogP contribution in [-0.4, -0.2) is 45.8 Å². The number of ether oxygens (including phenoxy) is 1. The number of carbonyl (C=O) groups is 1. The monoisotopic (exact) mass is 254 g/mol. The number of hydrogen-bond donors (Lipinski definition) is 0. The van der Waals surface area contributed by atoms with E-state index < -0.39 is 0 Å². The molecule has 1 heterocycles. The van der Waals surface area contributed by atoms with Gasteiger partial charge in [0, 0.05) is 13.1 Å². The van der Waals surface area contributed by atoms with Crippen LogP contribution < -0.4 is 0 Å². The quantitative estimate of drug-likeness (QED) is 0.649. The lowest BCUT2D eigenvalue weighted by atomic mass is 10.4. The van der Waals surface area contributed by atoms with Crippen molar-refractivity contribution < 1.29 is 9.53 Å². The summed E-state index contributed by atoms with van der Waals surface area (Å²) in [5, 5.41) is 4.17. The van der Waals surface area contributed by atoms with E-state index in [-0.39, 0.29) is 5.97 Å². The van der Waals surface area contributed by atoms with Crippen LogP contribution in [0.3, 0.4) is 0 Å². The van der Waals surface area contributed by atoms with E-state index in [9.17, 15) is 4.79 Å². The van der Waals surface area contributed by atoms with E-state index in [1.807, 2.05) is 23.6 Å². The van der Waals surface area contributed by atoms with Gasteiger partial charge in [0.15, 0.2) is 0 Å². The molecule has 0 bridgehead atoms. The molecular formula is C12H22N4O2. The second kappa shape index (κ2) is 7.81. The Balaban J connectivity index is 2.37. The Morgan fingerprint density at radius 3 is 2.94 bits per heavy atom. The molecule has 0 unspecified atom stereocenters. The Labute approximate surface area is 108 Å². The van der Waals surface area contributed by atoms with Gasteiger partial charge in [-0.05, 0) is 20.4 Å². The van der Waals surface area contributed by atoms with Crippen LogP contribution in [0.2, 0.25) is 0 Å². The maximum Gasteiger partial charge on any atom is 0.307 e. The molecule has 18 heavy (non-hydrogen) atoms. The number of rotatable bonds is 8. The van der Waals surface area contributed by atoms with Gasteiger partial charge >= 0.3 is 5.97 Å². The first kappa shape index (κ1) is 14.6. The highest BCUT2D eigenvalue weighted by Crippen LogP contribution is 2.01. The van der Waals surface area contributed by atoms with E-state index in [0.717, 1.165) is 18.8 Å².